The van der Waals surface area contributed by atoms with Crippen LogP contribution in [0.15, 0.2) is 24.5 Å². The zero-order chi connectivity index (χ0) is 12.3. The number of fused-ring (bicyclic) bond motifs is 1. The smallest absolute Gasteiger partial charge is 0.137 e. The van der Waals surface area contributed by atoms with Crippen LogP contribution in [0, 0.1) is 0 Å². The van der Waals surface area contributed by atoms with Crippen molar-refractivity contribution in [2.75, 3.05) is 13.2 Å². The molecule has 2 aromatic rings. The molecule has 0 aliphatic carbocycles. The van der Waals surface area contributed by atoms with Gasteiger partial charge in [0.25, 0.3) is 0 Å². The molecule has 0 fully saturated rings. The molecule has 2 aromatic heterocycles. The second-order valence-corrected chi connectivity index (χ2v) is 4.44. The Kier molecular flexibility index (Phi) is 3.42. The summed E-state index contributed by atoms with van der Waals surface area (Å²) < 4.78 is 0. The summed E-state index contributed by atoms with van der Waals surface area (Å²) in [5.41, 5.74) is 1.26. The molecule has 0 unspecified atom stereocenters. The van der Waals surface area contributed by atoms with E-state index in [0.29, 0.717) is 6.54 Å². The second-order valence-electron chi connectivity index (χ2n) is 4.44. The Balaban J connectivity index is 2.14. The number of pyridine rings is 1. The number of nitrogens with zero attached hydrogens (tertiary/aromatic N) is 1. The summed E-state index contributed by atoms with van der Waals surface area (Å²) in [6.45, 7) is 2.14. The quantitative estimate of drug-likeness (QED) is 0.604. The molecule has 2 heterocycles. The van der Waals surface area contributed by atoms with Gasteiger partial charge in [0.1, 0.15) is 5.65 Å². The van der Waals surface area contributed by atoms with Crippen LogP contribution in [0.1, 0.15) is 12.5 Å². The van der Waals surface area contributed by atoms with Crippen molar-refractivity contribution in [3.63, 3.8) is 0 Å². The van der Waals surface area contributed by atoms with Crippen molar-refractivity contribution < 1.29 is 10.2 Å². The highest BCUT2D eigenvalue weighted by Gasteiger charge is 2.21. The van der Waals surface area contributed by atoms with E-state index >= 15 is 0 Å². The molecule has 0 aliphatic heterocycles. The van der Waals surface area contributed by atoms with Crippen molar-refractivity contribution in [3.8, 4) is 0 Å². The van der Waals surface area contributed by atoms with E-state index in [9.17, 15) is 10.2 Å². The normalized spacial score (nSPS) is 12.2. The molecule has 0 atom stereocenters. The third-order valence-corrected chi connectivity index (χ3v) is 2.94. The van der Waals surface area contributed by atoms with Gasteiger partial charge >= 0.3 is 0 Å². The Bertz CT molecular complexity index is 491. The van der Waals surface area contributed by atoms with Gasteiger partial charge in [-0.25, -0.2) is 4.98 Å². The highest BCUT2D eigenvalue weighted by atomic mass is 16.3. The maximum Gasteiger partial charge on any atom is 0.137 e. The molecule has 4 N–H and O–H groups in total. The second kappa shape index (κ2) is 4.83. The van der Waals surface area contributed by atoms with Crippen LogP contribution in [0.25, 0.3) is 11.0 Å². The summed E-state index contributed by atoms with van der Waals surface area (Å²) in [6.07, 6.45) is 3.63. The third kappa shape index (κ3) is 2.46. The van der Waals surface area contributed by atoms with Gasteiger partial charge in [0.15, 0.2) is 0 Å². The third-order valence-electron chi connectivity index (χ3n) is 2.94. The number of nitrogens with one attached hydrogen (secondary N) is 2. The molecule has 0 aliphatic rings. The summed E-state index contributed by atoms with van der Waals surface area (Å²) in [5, 5.41) is 22.6. The van der Waals surface area contributed by atoms with Crippen molar-refractivity contribution in [3.05, 3.63) is 30.1 Å². The average Bonchev–Trinajstić information content (AvgIpc) is 2.79. The standard InChI is InChI=1S/C12H17N3O2/c1-12(7-16,8-17)15-6-9-5-14-11-10(9)3-2-4-13-11/h2-5,15-17H,6-8H2,1H3,(H,13,14). The van der Waals surface area contributed by atoms with Crippen LogP contribution in [0.2, 0.25) is 0 Å². The molecular formula is C12H17N3O2. The molecule has 0 aromatic carbocycles. The number of aromatic amines is 1. The van der Waals surface area contributed by atoms with E-state index in [2.05, 4.69) is 15.3 Å². The van der Waals surface area contributed by atoms with Crippen molar-refractivity contribution in [1.29, 1.82) is 0 Å². The van der Waals surface area contributed by atoms with Crippen molar-refractivity contribution in [2.45, 2.75) is 19.0 Å². The average molecular weight is 235 g/mol. The number of hydrogen-bond donors (Lipinski definition) is 4. The number of aliphatic hydroxyl groups is 2. The maximum atomic E-state index is 9.18. The molecule has 5 nitrogen and oxygen atoms in total. The zero-order valence-corrected chi connectivity index (χ0v) is 9.77. The first-order chi connectivity index (χ1) is 8.18. The monoisotopic (exact) mass is 235 g/mol. The van der Waals surface area contributed by atoms with Gasteiger partial charge in [-0.1, -0.05) is 0 Å². The highest BCUT2D eigenvalue weighted by Crippen LogP contribution is 2.16. The minimum atomic E-state index is -0.661. The SMILES string of the molecule is CC(CO)(CO)NCc1c[nH]c2ncccc12. The van der Waals surface area contributed by atoms with Crippen LogP contribution in [0.5, 0.6) is 0 Å². The van der Waals surface area contributed by atoms with Gasteiger partial charge in [0, 0.05) is 24.3 Å². The Morgan fingerprint density at radius 3 is 2.88 bits per heavy atom. The van der Waals surface area contributed by atoms with Crippen LogP contribution in [0.3, 0.4) is 0 Å². The van der Waals surface area contributed by atoms with Gasteiger partial charge in [0.05, 0.1) is 18.8 Å². The van der Waals surface area contributed by atoms with Crippen LogP contribution in [0.4, 0.5) is 0 Å². The van der Waals surface area contributed by atoms with Gasteiger partial charge in [-0.05, 0) is 24.6 Å². The van der Waals surface area contributed by atoms with E-state index in [0.717, 1.165) is 16.6 Å². The first kappa shape index (κ1) is 12.0. The molecule has 0 saturated heterocycles. The van der Waals surface area contributed by atoms with Crippen LogP contribution in [-0.2, 0) is 6.54 Å². The fourth-order valence-corrected chi connectivity index (χ4v) is 1.63. The lowest BCUT2D eigenvalue weighted by atomic mass is 10.0. The first-order valence-corrected chi connectivity index (χ1v) is 5.56. The van der Waals surface area contributed by atoms with E-state index in [1.807, 2.05) is 18.3 Å². The molecule has 0 amide bonds. The topological polar surface area (TPSA) is 81.2 Å². The molecular weight excluding hydrogens is 218 g/mol. The van der Waals surface area contributed by atoms with Crippen molar-refractivity contribution in [2.24, 2.45) is 0 Å². The number of rotatable bonds is 5. The minimum Gasteiger partial charge on any atom is -0.394 e. The molecule has 17 heavy (non-hydrogen) atoms. The number of aliphatic hydroxyl groups excluding tert-OH is 2. The van der Waals surface area contributed by atoms with Crippen LogP contribution >= 0.6 is 0 Å². The Labute approximate surface area is 99.5 Å². The molecule has 0 bridgehead atoms. The lowest BCUT2D eigenvalue weighted by Gasteiger charge is -2.26. The summed E-state index contributed by atoms with van der Waals surface area (Å²) in [6, 6.07) is 3.88. The predicted octanol–water partition coefficient (Wildman–Crippen LogP) is 0.396. The van der Waals surface area contributed by atoms with Crippen LogP contribution < -0.4 is 5.32 Å². The molecule has 0 saturated carbocycles. The molecule has 5 heteroatoms. The van der Waals surface area contributed by atoms with E-state index in [1.54, 1.807) is 13.1 Å². The van der Waals surface area contributed by atoms with E-state index in [1.165, 1.54) is 0 Å². The highest BCUT2D eigenvalue weighted by molar-refractivity contribution is 5.79. The largest absolute Gasteiger partial charge is 0.394 e. The zero-order valence-electron chi connectivity index (χ0n) is 9.77. The predicted molar refractivity (Wildman–Crippen MR) is 65.5 cm³/mol. The molecule has 2 rings (SSSR count). The summed E-state index contributed by atoms with van der Waals surface area (Å²) in [4.78, 5) is 7.29. The van der Waals surface area contributed by atoms with Crippen LogP contribution in [-0.4, -0.2) is 38.9 Å². The first-order valence-electron chi connectivity index (χ1n) is 5.56. The number of H-pyrrole nitrogens is 1. The fourth-order valence-electron chi connectivity index (χ4n) is 1.63. The van der Waals surface area contributed by atoms with E-state index in [4.69, 9.17) is 0 Å². The molecule has 0 radical (unpaired) electrons. The Morgan fingerprint density at radius 1 is 1.41 bits per heavy atom. The maximum absolute atomic E-state index is 9.18. The van der Waals surface area contributed by atoms with Gasteiger partial charge in [0.2, 0.25) is 0 Å². The van der Waals surface area contributed by atoms with E-state index in [-0.39, 0.29) is 13.2 Å². The lowest BCUT2D eigenvalue weighted by Crippen LogP contribution is -2.48. The van der Waals surface area contributed by atoms with Crippen molar-refractivity contribution >= 4 is 11.0 Å². The number of aromatic nitrogens is 2. The van der Waals surface area contributed by atoms with Gasteiger partial charge in [-0.2, -0.15) is 0 Å². The van der Waals surface area contributed by atoms with Gasteiger partial charge in [-0.3, -0.25) is 0 Å². The Hall–Kier alpha value is -1.43. The lowest BCUT2D eigenvalue weighted by molar-refractivity contribution is 0.103. The van der Waals surface area contributed by atoms with E-state index < -0.39 is 5.54 Å². The fraction of sp³-hybridized carbons (Fsp3) is 0.417. The van der Waals surface area contributed by atoms with Crippen molar-refractivity contribution in [1.82, 2.24) is 15.3 Å². The number of hydrogen-bond acceptors (Lipinski definition) is 4. The summed E-state index contributed by atoms with van der Waals surface area (Å²) >= 11 is 0. The van der Waals surface area contributed by atoms with Gasteiger partial charge < -0.3 is 20.5 Å². The molecule has 0 spiro atoms. The summed E-state index contributed by atoms with van der Waals surface area (Å²) in [5.74, 6) is 0. The minimum absolute atomic E-state index is 0.107. The molecule has 92 valence electrons. The Morgan fingerprint density at radius 2 is 2.18 bits per heavy atom. The van der Waals surface area contributed by atoms with Gasteiger partial charge in [-0.15, -0.1) is 0 Å². The summed E-state index contributed by atoms with van der Waals surface area (Å²) in [7, 11) is 0.